The van der Waals surface area contributed by atoms with Crippen molar-refractivity contribution in [2.24, 2.45) is 0 Å². The Balaban J connectivity index is 0.00000180. The Bertz CT molecular complexity index is 453. The fourth-order valence-corrected chi connectivity index (χ4v) is 2.03. The van der Waals surface area contributed by atoms with Gasteiger partial charge in [0.2, 0.25) is 0 Å². The molecule has 0 radical (unpaired) electrons. The lowest BCUT2D eigenvalue weighted by Crippen LogP contribution is -1.98. The topological polar surface area (TPSA) is 30.7 Å². The summed E-state index contributed by atoms with van der Waals surface area (Å²) in [5, 5.41) is 8.39. The van der Waals surface area contributed by atoms with Crippen molar-refractivity contribution < 1.29 is 0 Å². The maximum atomic E-state index is 4.21. The van der Waals surface area contributed by atoms with Crippen LogP contribution in [-0.4, -0.2) is 15.0 Å². The van der Waals surface area contributed by atoms with Crippen molar-refractivity contribution in [3.05, 3.63) is 36.5 Å². The van der Waals surface area contributed by atoms with E-state index < -0.39 is 0 Å². The average Bonchev–Trinajstić information content (AvgIpc) is 2.88. The molecule has 1 heterocycles. The van der Waals surface area contributed by atoms with Crippen molar-refractivity contribution >= 4 is 17.0 Å². The Hall–Kier alpha value is -1.16. The minimum Gasteiger partial charge on any atom is -0.252 e. The Morgan fingerprint density at radius 2 is 1.74 bits per heavy atom. The molecule has 2 rings (SSSR count). The molecule has 1 aromatic heterocycles. The molecule has 0 atom stereocenters. The summed E-state index contributed by atoms with van der Waals surface area (Å²) in [6.07, 6.45) is 8.48. The van der Waals surface area contributed by atoms with Gasteiger partial charge in [0.1, 0.15) is 5.69 Å². The summed E-state index contributed by atoms with van der Waals surface area (Å²) in [6, 6.07) is 10.2. The van der Waals surface area contributed by atoms with Crippen molar-refractivity contribution in [2.75, 3.05) is 0 Å². The predicted octanol–water partition coefficient (Wildman–Crippen LogP) is 4.49. The normalized spacial score (nSPS) is 10.2. The minimum absolute atomic E-state index is 0. The number of hydrogen-bond donors (Lipinski definition) is 0. The van der Waals surface area contributed by atoms with Gasteiger partial charge in [0.05, 0.1) is 6.20 Å². The molecule has 1 aromatic carbocycles. The summed E-state index contributed by atoms with van der Waals surface area (Å²) >= 11 is 0. The highest BCUT2D eigenvalue weighted by Crippen LogP contribution is 2.15. The first-order chi connectivity index (χ1) is 8.90. The molecular formula is C15H22BrN3. The van der Waals surface area contributed by atoms with Crippen LogP contribution in [-0.2, 0) is 6.54 Å². The third-order valence-electron chi connectivity index (χ3n) is 3.10. The number of halogens is 1. The molecule has 0 aliphatic heterocycles. The molecule has 0 spiro atoms. The lowest BCUT2D eigenvalue weighted by molar-refractivity contribution is 0.521. The van der Waals surface area contributed by atoms with Gasteiger partial charge in [0.15, 0.2) is 0 Å². The standard InChI is InChI=1S/C15H21N3.BrH/c1-2-3-4-5-9-12-18-13-15(16-17-18)14-10-7-6-8-11-14;/h6-8,10-11,13H,2-5,9,12H2,1H3;1H. The molecule has 2 aromatic rings. The third-order valence-corrected chi connectivity index (χ3v) is 3.10. The molecule has 0 amide bonds. The third kappa shape index (κ3) is 5.15. The van der Waals surface area contributed by atoms with Crippen LogP contribution in [0.1, 0.15) is 39.0 Å². The molecule has 104 valence electrons. The van der Waals surface area contributed by atoms with E-state index in [4.69, 9.17) is 0 Å². The Kier molecular flexibility index (Phi) is 7.41. The van der Waals surface area contributed by atoms with Crippen LogP contribution in [0, 0.1) is 0 Å². The predicted molar refractivity (Wildman–Crippen MR) is 84.5 cm³/mol. The quantitative estimate of drug-likeness (QED) is 0.702. The minimum atomic E-state index is 0. The number of aryl methyl sites for hydroxylation is 1. The zero-order valence-electron chi connectivity index (χ0n) is 11.5. The SMILES string of the molecule is Br.CCCCCCCn1cc(-c2ccccc2)nn1. The van der Waals surface area contributed by atoms with E-state index in [1.807, 2.05) is 29.1 Å². The van der Waals surface area contributed by atoms with E-state index in [0.29, 0.717) is 0 Å². The second kappa shape index (κ2) is 8.86. The summed E-state index contributed by atoms with van der Waals surface area (Å²) in [4.78, 5) is 0. The molecule has 0 saturated carbocycles. The lowest BCUT2D eigenvalue weighted by Gasteiger charge is -1.99. The Morgan fingerprint density at radius 3 is 2.47 bits per heavy atom. The number of aromatic nitrogens is 3. The van der Waals surface area contributed by atoms with Crippen LogP contribution in [0.15, 0.2) is 36.5 Å². The molecule has 3 nitrogen and oxygen atoms in total. The maximum Gasteiger partial charge on any atom is 0.113 e. The van der Waals surface area contributed by atoms with Crippen LogP contribution < -0.4 is 0 Å². The van der Waals surface area contributed by atoms with Gasteiger partial charge in [-0.25, -0.2) is 0 Å². The van der Waals surface area contributed by atoms with Gasteiger partial charge in [-0.1, -0.05) is 68.2 Å². The van der Waals surface area contributed by atoms with Crippen LogP contribution in [0.4, 0.5) is 0 Å². The summed E-state index contributed by atoms with van der Waals surface area (Å²) in [5.74, 6) is 0. The van der Waals surface area contributed by atoms with E-state index in [1.54, 1.807) is 0 Å². The van der Waals surface area contributed by atoms with Gasteiger partial charge >= 0.3 is 0 Å². The lowest BCUT2D eigenvalue weighted by atomic mass is 10.1. The fraction of sp³-hybridized carbons (Fsp3) is 0.467. The zero-order valence-corrected chi connectivity index (χ0v) is 13.2. The van der Waals surface area contributed by atoms with Gasteiger partial charge in [-0.3, -0.25) is 4.68 Å². The molecule has 0 saturated heterocycles. The van der Waals surface area contributed by atoms with Gasteiger partial charge in [-0.05, 0) is 6.42 Å². The van der Waals surface area contributed by atoms with Crippen molar-refractivity contribution in [3.63, 3.8) is 0 Å². The van der Waals surface area contributed by atoms with Gasteiger partial charge in [-0.15, -0.1) is 22.1 Å². The molecule has 0 aliphatic rings. The van der Waals surface area contributed by atoms with E-state index in [0.717, 1.165) is 17.8 Å². The van der Waals surface area contributed by atoms with Gasteiger partial charge in [0, 0.05) is 12.1 Å². The largest absolute Gasteiger partial charge is 0.252 e. The van der Waals surface area contributed by atoms with Gasteiger partial charge in [0.25, 0.3) is 0 Å². The number of unbranched alkanes of at least 4 members (excludes halogenated alkanes) is 4. The van der Waals surface area contributed by atoms with Crippen molar-refractivity contribution in [3.8, 4) is 11.3 Å². The molecule has 19 heavy (non-hydrogen) atoms. The summed E-state index contributed by atoms with van der Waals surface area (Å²) in [7, 11) is 0. The van der Waals surface area contributed by atoms with Crippen LogP contribution in [0.5, 0.6) is 0 Å². The highest BCUT2D eigenvalue weighted by atomic mass is 79.9. The second-order valence-corrected chi connectivity index (χ2v) is 4.65. The maximum absolute atomic E-state index is 4.21. The number of benzene rings is 1. The van der Waals surface area contributed by atoms with Crippen LogP contribution in [0.2, 0.25) is 0 Å². The highest BCUT2D eigenvalue weighted by molar-refractivity contribution is 8.93. The zero-order chi connectivity index (χ0) is 12.6. The first-order valence-electron chi connectivity index (χ1n) is 6.85. The van der Waals surface area contributed by atoms with Crippen LogP contribution in [0.25, 0.3) is 11.3 Å². The summed E-state index contributed by atoms with van der Waals surface area (Å²) in [6.45, 7) is 3.22. The summed E-state index contributed by atoms with van der Waals surface area (Å²) < 4.78 is 1.95. The van der Waals surface area contributed by atoms with Crippen molar-refractivity contribution in [1.29, 1.82) is 0 Å². The first kappa shape index (κ1) is 15.9. The second-order valence-electron chi connectivity index (χ2n) is 4.65. The molecule has 0 bridgehead atoms. The fourth-order valence-electron chi connectivity index (χ4n) is 2.03. The number of rotatable bonds is 7. The van der Waals surface area contributed by atoms with E-state index in [2.05, 4.69) is 29.4 Å². The highest BCUT2D eigenvalue weighted by Gasteiger charge is 2.02. The average molecular weight is 324 g/mol. The van der Waals surface area contributed by atoms with E-state index in [9.17, 15) is 0 Å². The van der Waals surface area contributed by atoms with Crippen LogP contribution >= 0.6 is 17.0 Å². The Labute approximate surface area is 125 Å². The van der Waals surface area contributed by atoms with Gasteiger partial charge < -0.3 is 0 Å². The number of hydrogen-bond acceptors (Lipinski definition) is 2. The molecule has 0 fully saturated rings. The van der Waals surface area contributed by atoms with Crippen molar-refractivity contribution in [1.82, 2.24) is 15.0 Å². The van der Waals surface area contributed by atoms with Gasteiger partial charge in [-0.2, -0.15) is 0 Å². The molecule has 0 N–H and O–H groups in total. The molecule has 4 heteroatoms. The van der Waals surface area contributed by atoms with Crippen molar-refractivity contribution in [2.45, 2.75) is 45.6 Å². The van der Waals surface area contributed by atoms with E-state index in [1.165, 1.54) is 32.1 Å². The monoisotopic (exact) mass is 323 g/mol. The summed E-state index contributed by atoms with van der Waals surface area (Å²) in [5.41, 5.74) is 2.10. The molecule has 0 unspecified atom stereocenters. The Morgan fingerprint density at radius 1 is 1.00 bits per heavy atom. The smallest absolute Gasteiger partial charge is 0.113 e. The first-order valence-corrected chi connectivity index (χ1v) is 6.85. The van der Waals surface area contributed by atoms with E-state index in [-0.39, 0.29) is 17.0 Å². The number of nitrogens with zero attached hydrogens (tertiary/aromatic N) is 3. The molecule has 0 aliphatic carbocycles. The molecular weight excluding hydrogens is 302 g/mol. The van der Waals surface area contributed by atoms with E-state index >= 15 is 0 Å². The van der Waals surface area contributed by atoms with Crippen LogP contribution in [0.3, 0.4) is 0 Å².